The van der Waals surface area contributed by atoms with Crippen molar-refractivity contribution in [2.45, 2.75) is 77.5 Å². The van der Waals surface area contributed by atoms with Crippen molar-refractivity contribution in [3.05, 3.63) is 54.7 Å². The van der Waals surface area contributed by atoms with Gasteiger partial charge in [0.05, 0.1) is 42.7 Å². The maximum Gasteiger partial charge on any atom is 0.407 e. The van der Waals surface area contributed by atoms with Gasteiger partial charge in [0.15, 0.2) is 0 Å². The molecule has 4 atom stereocenters. The van der Waals surface area contributed by atoms with Crippen molar-refractivity contribution in [3.63, 3.8) is 0 Å². The predicted octanol–water partition coefficient (Wildman–Crippen LogP) is 4.20. The Morgan fingerprint density at radius 3 is 1.48 bits per heavy atom. The number of hydrogen-bond acceptors (Lipinski definition) is 11. The van der Waals surface area contributed by atoms with Crippen molar-refractivity contribution in [3.8, 4) is 22.4 Å². The lowest BCUT2D eigenvalue weighted by Crippen LogP contribution is -2.54. The molecule has 6 amide bonds. The molecule has 58 heavy (non-hydrogen) atoms. The molecule has 0 bridgehead atoms. The molecule has 2 aliphatic rings. The Hall–Kier alpha value is -6.39. The highest BCUT2D eigenvalue weighted by Gasteiger charge is 2.40. The molecule has 17 nitrogen and oxygen atoms in total. The normalized spacial score (nSPS) is 17.4. The fourth-order valence-corrected chi connectivity index (χ4v) is 7.22. The average molecular weight is 800 g/mol. The summed E-state index contributed by atoms with van der Waals surface area (Å²) in [6, 6.07) is 11.0. The number of alkyl carbamates (subject to hydrolysis) is 2. The van der Waals surface area contributed by atoms with Gasteiger partial charge in [-0.2, -0.15) is 0 Å². The van der Waals surface area contributed by atoms with Crippen molar-refractivity contribution >= 4 is 58.6 Å². The smallest absolute Gasteiger partial charge is 0.407 e. The lowest BCUT2D eigenvalue weighted by atomic mass is 10.0. The van der Waals surface area contributed by atoms with Gasteiger partial charge in [-0.05, 0) is 73.4 Å². The van der Waals surface area contributed by atoms with Crippen LogP contribution in [0.2, 0.25) is 0 Å². The lowest BCUT2D eigenvalue weighted by Gasteiger charge is -2.30. The zero-order valence-corrected chi connectivity index (χ0v) is 33.7. The van der Waals surface area contributed by atoms with Gasteiger partial charge in [-0.15, -0.1) is 0 Å². The van der Waals surface area contributed by atoms with Gasteiger partial charge in [-0.3, -0.25) is 24.2 Å². The predicted molar refractivity (Wildman–Crippen MR) is 219 cm³/mol. The molecule has 2 saturated heterocycles. The second kappa shape index (κ2) is 18.7. The summed E-state index contributed by atoms with van der Waals surface area (Å²) < 4.78 is 9.37. The summed E-state index contributed by atoms with van der Waals surface area (Å²) in [7, 11) is 2.45. The summed E-state index contributed by atoms with van der Waals surface area (Å²) in [4.78, 5) is 85.0. The van der Waals surface area contributed by atoms with E-state index in [0.29, 0.717) is 72.8 Å². The number of benzene rings is 2. The molecule has 0 spiro atoms. The molecular formula is C41H53N9O8. The number of methoxy groups -OCH3 is 2. The Morgan fingerprint density at radius 2 is 1.09 bits per heavy atom. The third kappa shape index (κ3) is 9.76. The van der Waals surface area contributed by atoms with Crippen LogP contribution in [0.15, 0.2) is 54.7 Å². The number of carbonyl (C=O) groups is 6. The summed E-state index contributed by atoms with van der Waals surface area (Å²) in [5, 5.41) is 10.9. The van der Waals surface area contributed by atoms with Crippen molar-refractivity contribution in [1.29, 1.82) is 0 Å². The molecule has 0 unspecified atom stereocenters. The number of nitrogens with zero attached hydrogens (tertiary/aromatic N) is 3. The third-order valence-corrected chi connectivity index (χ3v) is 10.5. The van der Waals surface area contributed by atoms with Crippen LogP contribution in [0, 0.1) is 11.8 Å². The Labute approximate surface area is 337 Å². The van der Waals surface area contributed by atoms with Gasteiger partial charge < -0.3 is 52.0 Å². The maximum atomic E-state index is 13.4. The van der Waals surface area contributed by atoms with E-state index in [1.54, 1.807) is 50.4 Å². The van der Waals surface area contributed by atoms with E-state index in [9.17, 15) is 28.8 Å². The number of anilines is 4. The van der Waals surface area contributed by atoms with Crippen molar-refractivity contribution < 1.29 is 38.2 Å². The van der Waals surface area contributed by atoms with Gasteiger partial charge in [0.2, 0.25) is 23.6 Å². The van der Waals surface area contributed by atoms with E-state index >= 15 is 0 Å². The third-order valence-electron chi connectivity index (χ3n) is 10.5. The van der Waals surface area contributed by atoms with E-state index in [1.165, 1.54) is 24.0 Å². The van der Waals surface area contributed by atoms with Gasteiger partial charge in [0.1, 0.15) is 24.2 Å². The van der Waals surface area contributed by atoms with Crippen LogP contribution in [-0.4, -0.2) is 102 Å². The van der Waals surface area contributed by atoms with Crippen molar-refractivity contribution in [2.24, 2.45) is 11.8 Å². The molecule has 17 heteroatoms. The van der Waals surface area contributed by atoms with Gasteiger partial charge >= 0.3 is 12.2 Å². The Kier molecular flexibility index (Phi) is 13.8. The monoisotopic (exact) mass is 799 g/mol. The van der Waals surface area contributed by atoms with E-state index in [2.05, 4.69) is 35.7 Å². The zero-order chi connectivity index (χ0) is 42.3. The Bertz CT molecular complexity index is 1880. The highest BCUT2D eigenvalue weighted by Crippen LogP contribution is 2.32. The van der Waals surface area contributed by atoms with Gasteiger partial charge in [-0.1, -0.05) is 45.9 Å². The molecule has 8 N–H and O–H groups in total. The van der Waals surface area contributed by atoms with Crippen molar-refractivity contribution in [1.82, 2.24) is 25.4 Å². The first-order chi connectivity index (χ1) is 27.6. The van der Waals surface area contributed by atoms with Crippen LogP contribution in [0.5, 0.6) is 0 Å². The molecule has 2 aromatic carbocycles. The topological polar surface area (TPSA) is 240 Å². The SMILES string of the molecule is COC(=O)N[C@H](C(=O)N1CCC[C@H]1C(=O)Nc1ccc(-c2ccc(-c3ccc(NC(=O)[C@@H]4CCCN4C(=O)[C@@H](NC(=O)OC)C(C)C)c(N)c3)nc2)cc1N)C(C)C. The molecule has 1 aromatic heterocycles. The number of carbonyl (C=O) groups excluding carboxylic acids is 6. The van der Waals surface area contributed by atoms with Crippen LogP contribution < -0.4 is 32.7 Å². The summed E-state index contributed by atoms with van der Waals surface area (Å²) in [6.07, 6.45) is 2.47. The average Bonchev–Trinajstić information content (AvgIpc) is 3.91. The summed E-state index contributed by atoms with van der Waals surface area (Å²) in [5.74, 6) is -1.90. The highest BCUT2D eigenvalue weighted by molar-refractivity contribution is 6.02. The van der Waals surface area contributed by atoms with E-state index in [0.717, 1.165) is 11.1 Å². The maximum absolute atomic E-state index is 13.4. The first kappa shape index (κ1) is 42.7. The van der Waals surface area contributed by atoms with E-state index in [-0.39, 0.29) is 35.5 Å². The molecule has 3 aromatic rings. The molecule has 0 radical (unpaired) electrons. The van der Waals surface area contributed by atoms with E-state index in [1.807, 2.05) is 32.0 Å². The van der Waals surface area contributed by atoms with Crippen LogP contribution in [-0.2, 0) is 28.7 Å². The lowest BCUT2D eigenvalue weighted by molar-refractivity contribution is -0.139. The quantitative estimate of drug-likeness (QED) is 0.142. The molecule has 310 valence electrons. The molecule has 5 rings (SSSR count). The molecule has 2 fully saturated rings. The van der Waals surface area contributed by atoms with E-state index < -0.39 is 36.4 Å². The first-order valence-electron chi connectivity index (χ1n) is 19.3. The number of ether oxygens (including phenoxy) is 2. The minimum atomic E-state index is -0.842. The number of hydrogen-bond donors (Lipinski definition) is 6. The van der Waals surface area contributed by atoms with Crippen LogP contribution >= 0.6 is 0 Å². The number of nitrogens with two attached hydrogens (primary N) is 2. The zero-order valence-electron chi connectivity index (χ0n) is 33.7. The number of rotatable bonds is 12. The summed E-state index contributed by atoms with van der Waals surface area (Å²) >= 11 is 0. The fourth-order valence-electron chi connectivity index (χ4n) is 7.22. The summed E-state index contributed by atoms with van der Waals surface area (Å²) in [6.45, 7) is 8.00. The molecule has 3 heterocycles. The number of likely N-dealkylation sites (tertiary alicyclic amines) is 2. The summed E-state index contributed by atoms with van der Waals surface area (Å²) in [5.41, 5.74) is 17.1. The molecule has 0 saturated carbocycles. The van der Waals surface area contributed by atoms with Crippen LogP contribution in [0.1, 0.15) is 53.4 Å². The molecule has 0 aliphatic carbocycles. The van der Waals surface area contributed by atoms with Crippen LogP contribution in [0.3, 0.4) is 0 Å². The van der Waals surface area contributed by atoms with Gasteiger partial charge in [-0.25, -0.2) is 9.59 Å². The molecular weight excluding hydrogens is 747 g/mol. The minimum absolute atomic E-state index is 0.223. The number of nitrogens with one attached hydrogen (secondary N) is 4. The number of aromatic nitrogens is 1. The number of nitrogen functional groups attached to an aromatic ring is 2. The molecule has 2 aliphatic heterocycles. The standard InChI is InChI=1S/C41H53N9O8/c1-22(2)34(47-40(55)57-5)38(53)49-17-7-9-32(49)36(51)45-30-15-11-24(19-27(30)42)26-13-14-29(44-21-26)25-12-16-31(28(43)20-25)46-37(52)33-10-8-18-50(33)39(54)35(23(3)4)48-41(56)58-6/h11-16,19-23,32-35H,7-10,17-18,42-43H2,1-6H3,(H,45,51)(H,46,52)(H,47,55)(H,48,56)/t32-,33-,34-,35-/m0/s1. The Morgan fingerprint density at radius 1 is 0.655 bits per heavy atom. The fraction of sp³-hybridized carbons (Fsp3) is 0.439. The van der Waals surface area contributed by atoms with E-state index in [4.69, 9.17) is 11.5 Å². The largest absolute Gasteiger partial charge is 0.453 e. The Balaban J connectivity index is 1.21. The second-order valence-corrected chi connectivity index (χ2v) is 15.1. The second-order valence-electron chi connectivity index (χ2n) is 15.1. The van der Waals surface area contributed by atoms with Crippen molar-refractivity contribution in [2.75, 3.05) is 49.4 Å². The van der Waals surface area contributed by atoms with Gasteiger partial charge in [0.25, 0.3) is 0 Å². The number of amides is 6. The van der Waals surface area contributed by atoms with Crippen LogP contribution in [0.25, 0.3) is 22.4 Å². The van der Waals surface area contributed by atoms with Gasteiger partial charge in [0, 0.05) is 30.4 Å². The highest BCUT2D eigenvalue weighted by atomic mass is 16.5. The number of pyridine rings is 1. The minimum Gasteiger partial charge on any atom is -0.453 e. The first-order valence-corrected chi connectivity index (χ1v) is 19.3. The van der Waals surface area contributed by atoms with Crippen LogP contribution in [0.4, 0.5) is 32.3 Å².